The Labute approximate surface area is 241 Å². The molecule has 244 valence electrons. The number of carbonyl (C=O) groups excluding carboxylic acids is 1. The fourth-order valence-corrected chi connectivity index (χ4v) is 6.55. The van der Waals surface area contributed by atoms with Gasteiger partial charge in [-0.25, -0.2) is 4.79 Å². The second-order valence-electron chi connectivity index (χ2n) is 11.4. The van der Waals surface area contributed by atoms with Gasteiger partial charge in [0, 0.05) is 63.3 Å². The Balaban J connectivity index is 1.42. The normalized spacial score (nSPS) is 26.3. The highest BCUT2D eigenvalue weighted by molar-refractivity contribution is 5.69. The first-order valence-corrected chi connectivity index (χ1v) is 13.9. The van der Waals surface area contributed by atoms with E-state index in [9.17, 15) is 49.1 Å². The largest absolute Gasteiger partial charge is 0.480 e. The van der Waals surface area contributed by atoms with Crippen molar-refractivity contribution in [2.75, 3.05) is 58.9 Å². The fourth-order valence-electron chi connectivity index (χ4n) is 6.55. The summed E-state index contributed by atoms with van der Waals surface area (Å²) < 4.78 is 122. The van der Waals surface area contributed by atoms with Gasteiger partial charge in [0.1, 0.15) is 0 Å². The summed E-state index contributed by atoms with van der Waals surface area (Å²) in [6.07, 6.45) is -16.5. The molecule has 2 atom stereocenters. The first kappa shape index (κ1) is 33.4. The van der Waals surface area contributed by atoms with E-state index in [4.69, 9.17) is 5.11 Å². The first-order valence-electron chi connectivity index (χ1n) is 13.9. The number of aliphatic carboxylic acids is 1. The number of piperidine rings is 1. The highest BCUT2D eigenvalue weighted by Gasteiger charge is 2.60. The molecule has 0 saturated carbocycles. The van der Waals surface area contributed by atoms with E-state index in [-0.39, 0.29) is 38.4 Å². The number of halogens is 9. The molecular weight excluding hydrogens is 603 g/mol. The number of carbonyl (C=O) groups is 2. The second-order valence-corrected chi connectivity index (χ2v) is 11.4. The molecule has 43 heavy (non-hydrogen) atoms. The molecule has 2 unspecified atom stereocenters. The van der Waals surface area contributed by atoms with Crippen LogP contribution < -0.4 is 0 Å². The summed E-state index contributed by atoms with van der Waals surface area (Å²) in [6.45, 7) is 1.98. The lowest BCUT2D eigenvalue weighted by Crippen LogP contribution is -2.57. The monoisotopic (exact) mass is 636 g/mol. The molecule has 3 aliphatic heterocycles. The van der Waals surface area contributed by atoms with Crippen LogP contribution in [-0.2, 0) is 9.53 Å². The molecule has 4 aliphatic rings. The van der Waals surface area contributed by atoms with E-state index in [1.807, 2.05) is 4.90 Å². The van der Waals surface area contributed by atoms with E-state index in [2.05, 4.69) is 9.64 Å². The molecule has 0 bridgehead atoms. The van der Waals surface area contributed by atoms with Gasteiger partial charge in [0.2, 0.25) is 0 Å². The molecule has 17 heteroatoms. The van der Waals surface area contributed by atoms with E-state index < -0.39 is 53.8 Å². The highest BCUT2D eigenvalue weighted by Crippen LogP contribution is 2.42. The van der Waals surface area contributed by atoms with Crippen LogP contribution in [0.3, 0.4) is 0 Å². The van der Waals surface area contributed by atoms with Crippen molar-refractivity contribution in [1.29, 1.82) is 0 Å². The van der Waals surface area contributed by atoms with Crippen molar-refractivity contribution < 1.29 is 58.9 Å². The van der Waals surface area contributed by atoms with Crippen molar-refractivity contribution in [3.63, 3.8) is 0 Å². The number of likely N-dealkylation sites (tertiary alicyclic amines) is 2. The van der Waals surface area contributed by atoms with Gasteiger partial charge in [0.15, 0.2) is 0 Å². The Morgan fingerprint density at radius 2 is 1.51 bits per heavy atom. The second kappa shape index (κ2) is 12.5. The molecule has 4 rings (SSSR count). The van der Waals surface area contributed by atoms with Crippen LogP contribution in [0.15, 0.2) is 23.8 Å². The zero-order valence-corrected chi connectivity index (χ0v) is 23.0. The maximum atomic E-state index is 13.6. The Morgan fingerprint density at radius 3 is 2.05 bits per heavy atom. The number of carboxylic acids is 1. The fraction of sp³-hybridized carbons (Fsp3) is 0.769. The van der Waals surface area contributed by atoms with Crippen molar-refractivity contribution in [2.45, 2.75) is 61.9 Å². The first-order chi connectivity index (χ1) is 19.9. The lowest BCUT2D eigenvalue weighted by molar-refractivity contribution is -0.308. The van der Waals surface area contributed by atoms with Gasteiger partial charge in [0.25, 0.3) is 6.10 Å². The van der Waals surface area contributed by atoms with Crippen LogP contribution in [-0.4, -0.2) is 132 Å². The van der Waals surface area contributed by atoms with Crippen LogP contribution in [0, 0.1) is 5.92 Å². The van der Waals surface area contributed by atoms with Gasteiger partial charge in [0.05, 0.1) is 12.1 Å². The van der Waals surface area contributed by atoms with E-state index in [0.29, 0.717) is 45.7 Å². The third-order valence-electron chi connectivity index (χ3n) is 8.76. The number of hydrogen-bond donors (Lipinski definition) is 1. The molecule has 1 amide bonds. The topological polar surface area (TPSA) is 76.6 Å². The average molecular weight is 637 g/mol. The van der Waals surface area contributed by atoms with Gasteiger partial charge in [-0.2, -0.15) is 39.5 Å². The Bertz CT molecular complexity index is 1060. The molecule has 1 spiro atoms. The Kier molecular flexibility index (Phi) is 9.67. The average Bonchev–Trinajstić information content (AvgIpc) is 3.27. The lowest BCUT2D eigenvalue weighted by Gasteiger charge is -2.48. The predicted molar refractivity (Wildman–Crippen MR) is 133 cm³/mol. The lowest BCUT2D eigenvalue weighted by atomic mass is 9.83. The van der Waals surface area contributed by atoms with Gasteiger partial charge in [-0.05, 0) is 32.2 Å². The number of amides is 1. The van der Waals surface area contributed by atoms with Crippen LogP contribution >= 0.6 is 0 Å². The number of allylic oxidation sites excluding steroid dienone is 2. The number of alkyl halides is 9. The number of ether oxygens (including phenoxy) is 1. The number of carboxylic acid groups (broad SMARTS) is 1. The van der Waals surface area contributed by atoms with Gasteiger partial charge >= 0.3 is 30.6 Å². The third kappa shape index (κ3) is 7.95. The molecule has 3 saturated heterocycles. The minimum Gasteiger partial charge on any atom is -0.480 e. The number of rotatable bonds is 6. The van der Waals surface area contributed by atoms with E-state index in [1.165, 1.54) is 12.2 Å². The maximum Gasteiger partial charge on any atom is 0.434 e. The van der Waals surface area contributed by atoms with Crippen molar-refractivity contribution in [1.82, 2.24) is 19.6 Å². The molecule has 3 fully saturated rings. The SMILES string of the molecule is O=C(O)CN1CCN(C2C=C(C(F)(F)F)C=CC2CN2CCCC23CCN(C(=O)OC(C(F)(F)F)C(F)(F)F)CC3)CC1. The molecule has 0 aromatic rings. The van der Waals surface area contributed by atoms with Crippen LogP contribution in [0.1, 0.15) is 25.7 Å². The molecule has 3 heterocycles. The van der Waals surface area contributed by atoms with Crippen molar-refractivity contribution in [2.24, 2.45) is 5.92 Å². The number of piperazine rings is 1. The van der Waals surface area contributed by atoms with Crippen molar-refractivity contribution in [3.05, 3.63) is 23.8 Å². The number of nitrogens with zero attached hydrogens (tertiary/aromatic N) is 4. The van der Waals surface area contributed by atoms with Gasteiger partial charge in [-0.15, -0.1) is 0 Å². The summed E-state index contributed by atoms with van der Waals surface area (Å²) in [7, 11) is 0. The summed E-state index contributed by atoms with van der Waals surface area (Å²) in [4.78, 5) is 29.9. The highest BCUT2D eigenvalue weighted by atomic mass is 19.4. The van der Waals surface area contributed by atoms with Crippen LogP contribution in [0.4, 0.5) is 44.3 Å². The predicted octanol–water partition coefficient (Wildman–Crippen LogP) is 4.29. The summed E-state index contributed by atoms with van der Waals surface area (Å²) in [5.41, 5.74) is -1.29. The smallest absolute Gasteiger partial charge is 0.434 e. The molecular formula is C26H33F9N4O4. The Hall–Kier alpha value is -2.53. The zero-order chi connectivity index (χ0) is 31.8. The number of hydrogen-bond acceptors (Lipinski definition) is 6. The van der Waals surface area contributed by atoms with E-state index >= 15 is 0 Å². The quantitative estimate of drug-likeness (QED) is 0.436. The van der Waals surface area contributed by atoms with Crippen LogP contribution in [0.5, 0.6) is 0 Å². The molecule has 8 nitrogen and oxygen atoms in total. The standard InChI is InChI=1S/C26H33F9N4O4/c27-24(28,29)18-3-2-17(19(14-18)37-12-10-36(11-13-37)16-20(40)41)15-39-7-1-4-23(39)5-8-38(9-6-23)22(42)43-21(25(30,31)32)26(33,34)35/h2-3,14,17,19,21H,1,4-13,15-16H2,(H,40,41). The van der Waals surface area contributed by atoms with E-state index in [1.54, 1.807) is 4.90 Å². The summed E-state index contributed by atoms with van der Waals surface area (Å²) in [5.74, 6) is -1.36. The zero-order valence-electron chi connectivity index (χ0n) is 23.0. The minimum atomic E-state index is -5.82. The molecule has 0 radical (unpaired) electrons. The molecule has 1 N–H and O–H groups in total. The van der Waals surface area contributed by atoms with Gasteiger partial charge < -0.3 is 14.7 Å². The van der Waals surface area contributed by atoms with Crippen LogP contribution in [0.2, 0.25) is 0 Å². The summed E-state index contributed by atoms with van der Waals surface area (Å²) in [6, 6.07) is -0.622. The molecule has 1 aliphatic carbocycles. The minimum absolute atomic E-state index is 0.134. The van der Waals surface area contributed by atoms with Crippen molar-refractivity contribution >= 4 is 12.1 Å². The third-order valence-corrected chi connectivity index (χ3v) is 8.76. The van der Waals surface area contributed by atoms with Gasteiger partial charge in [-0.1, -0.05) is 18.2 Å². The van der Waals surface area contributed by atoms with Gasteiger partial charge in [-0.3, -0.25) is 19.5 Å². The van der Waals surface area contributed by atoms with Crippen molar-refractivity contribution in [3.8, 4) is 0 Å². The maximum absolute atomic E-state index is 13.6. The Morgan fingerprint density at radius 1 is 0.907 bits per heavy atom. The van der Waals surface area contributed by atoms with E-state index in [0.717, 1.165) is 17.4 Å². The molecule has 0 aromatic heterocycles. The van der Waals surface area contributed by atoms with Crippen LogP contribution in [0.25, 0.3) is 0 Å². The summed E-state index contributed by atoms with van der Waals surface area (Å²) in [5, 5.41) is 9.05. The molecule has 0 aromatic carbocycles. The summed E-state index contributed by atoms with van der Waals surface area (Å²) >= 11 is 0.